The van der Waals surface area contributed by atoms with Crippen molar-refractivity contribution in [2.75, 3.05) is 19.6 Å². The minimum absolute atomic E-state index is 0.164. The van der Waals surface area contributed by atoms with Gasteiger partial charge in [-0.3, -0.25) is 4.90 Å². The van der Waals surface area contributed by atoms with Gasteiger partial charge in [0.2, 0.25) is 10.0 Å². The van der Waals surface area contributed by atoms with E-state index in [2.05, 4.69) is 70.0 Å². The van der Waals surface area contributed by atoms with Crippen molar-refractivity contribution in [2.45, 2.75) is 96.0 Å². The summed E-state index contributed by atoms with van der Waals surface area (Å²) in [5.74, 6) is 0.703. The summed E-state index contributed by atoms with van der Waals surface area (Å²) in [4.78, 5) is 4.69. The van der Waals surface area contributed by atoms with Crippen molar-refractivity contribution in [2.24, 2.45) is 0 Å². The van der Waals surface area contributed by atoms with Gasteiger partial charge in [-0.1, -0.05) is 53.7 Å². The van der Waals surface area contributed by atoms with Crippen LogP contribution in [-0.2, 0) is 23.0 Å². The normalized spacial score (nSPS) is 19.1. The summed E-state index contributed by atoms with van der Waals surface area (Å²) in [6, 6.07) is 7.02. The number of hydrogen-bond acceptors (Lipinski definition) is 4. The average molecular weight is 489 g/mol. The van der Waals surface area contributed by atoms with Gasteiger partial charge in [0, 0.05) is 37.1 Å². The Morgan fingerprint density at radius 3 is 2.06 bits per heavy atom. The maximum Gasteiger partial charge on any atom is 0.243 e. The number of piperidine rings is 1. The lowest BCUT2D eigenvalue weighted by atomic mass is 9.89. The summed E-state index contributed by atoms with van der Waals surface area (Å²) in [5.41, 5.74) is 4.66. The Kier molecular flexibility index (Phi) is 7.40. The van der Waals surface area contributed by atoms with Crippen LogP contribution >= 0.6 is 11.3 Å². The lowest BCUT2D eigenvalue weighted by Gasteiger charge is -2.40. The summed E-state index contributed by atoms with van der Waals surface area (Å²) in [7, 11) is -3.53. The third-order valence-corrected chi connectivity index (χ3v) is 10.5. The molecule has 1 fully saturated rings. The molecule has 33 heavy (non-hydrogen) atoms. The first-order valence-corrected chi connectivity index (χ1v) is 14.9. The minimum Gasteiger partial charge on any atom is -0.296 e. The summed E-state index contributed by atoms with van der Waals surface area (Å²) in [5, 5.41) is 2.20. The van der Waals surface area contributed by atoms with Gasteiger partial charge in [-0.2, -0.15) is 4.31 Å². The number of hydrogen-bond donors (Lipinski definition) is 0. The molecule has 0 atom stereocenters. The van der Waals surface area contributed by atoms with E-state index in [-0.39, 0.29) is 11.8 Å². The fourth-order valence-electron chi connectivity index (χ4n) is 5.35. The topological polar surface area (TPSA) is 40.6 Å². The third-order valence-electron chi connectivity index (χ3n) is 7.45. The molecule has 2 aliphatic rings. The second kappa shape index (κ2) is 9.80. The molecule has 4 nitrogen and oxygen atoms in total. The Balaban J connectivity index is 1.58. The van der Waals surface area contributed by atoms with E-state index in [1.165, 1.54) is 16.0 Å². The lowest BCUT2D eigenvalue weighted by molar-refractivity contribution is 0.127. The molecular formula is C27H40N2O2S2. The van der Waals surface area contributed by atoms with Gasteiger partial charge in [0.05, 0.1) is 4.90 Å². The highest BCUT2D eigenvalue weighted by molar-refractivity contribution is 7.89. The number of nitrogens with zero attached hydrogens (tertiary/aromatic N) is 2. The van der Waals surface area contributed by atoms with Gasteiger partial charge in [0.15, 0.2) is 0 Å². The number of thiophene rings is 1. The van der Waals surface area contributed by atoms with Crippen LogP contribution in [0.5, 0.6) is 0 Å². The second-order valence-electron chi connectivity index (χ2n) is 10.7. The van der Waals surface area contributed by atoms with Crippen LogP contribution in [0.1, 0.15) is 99.3 Å². The van der Waals surface area contributed by atoms with E-state index in [4.69, 9.17) is 0 Å². The molecule has 6 heteroatoms. The monoisotopic (exact) mass is 488 g/mol. The van der Waals surface area contributed by atoms with Gasteiger partial charge in [0.1, 0.15) is 0 Å². The number of rotatable bonds is 6. The molecular weight excluding hydrogens is 448 g/mol. The van der Waals surface area contributed by atoms with Gasteiger partial charge in [-0.15, -0.1) is 11.3 Å². The van der Waals surface area contributed by atoms with Crippen LogP contribution in [0.4, 0.5) is 0 Å². The molecule has 0 unspecified atom stereocenters. The first-order valence-electron chi connectivity index (χ1n) is 12.6. The zero-order valence-electron chi connectivity index (χ0n) is 21.1. The standard InChI is InChI=1S/C27H40N2O2S2/c1-18(2)22-15-24(19(3)4)27(25(16-22)20(5)6)33(30,31)29-12-7-23(8-13-29)28-11-9-26-21(17-28)10-14-32-26/h10,14-16,18-20,23H,7-9,11-13,17H2,1-6H3. The second-order valence-corrected chi connectivity index (χ2v) is 13.6. The van der Waals surface area contributed by atoms with Crippen molar-refractivity contribution >= 4 is 21.4 Å². The van der Waals surface area contributed by atoms with E-state index >= 15 is 0 Å². The fourth-order valence-corrected chi connectivity index (χ4v) is 8.37. The molecule has 4 rings (SSSR count). The maximum atomic E-state index is 14.0. The molecule has 3 heterocycles. The van der Waals surface area contributed by atoms with Crippen LogP contribution in [0.25, 0.3) is 0 Å². The van der Waals surface area contributed by atoms with E-state index < -0.39 is 10.0 Å². The van der Waals surface area contributed by atoms with E-state index in [0.717, 1.165) is 43.5 Å². The van der Waals surface area contributed by atoms with Gasteiger partial charge in [0.25, 0.3) is 0 Å². The summed E-state index contributed by atoms with van der Waals surface area (Å²) < 4.78 is 29.9. The molecule has 0 saturated carbocycles. The van der Waals surface area contributed by atoms with Crippen LogP contribution in [0.15, 0.2) is 28.5 Å². The Labute approximate surface area is 205 Å². The zero-order chi connectivity index (χ0) is 23.9. The highest BCUT2D eigenvalue weighted by Gasteiger charge is 2.36. The van der Waals surface area contributed by atoms with Crippen LogP contribution in [0, 0.1) is 0 Å². The molecule has 0 aliphatic carbocycles. The molecule has 0 bridgehead atoms. The summed E-state index contributed by atoms with van der Waals surface area (Å²) in [6.45, 7) is 16.2. The number of sulfonamides is 1. The largest absolute Gasteiger partial charge is 0.296 e. The molecule has 0 spiro atoms. The van der Waals surface area contributed by atoms with E-state index in [9.17, 15) is 8.42 Å². The van der Waals surface area contributed by atoms with Crippen molar-refractivity contribution in [3.8, 4) is 0 Å². The van der Waals surface area contributed by atoms with Gasteiger partial charge >= 0.3 is 0 Å². The predicted molar refractivity (Wildman–Crippen MR) is 139 cm³/mol. The molecule has 1 aromatic carbocycles. The van der Waals surface area contributed by atoms with Crippen molar-refractivity contribution in [3.05, 3.63) is 50.7 Å². The fraction of sp³-hybridized carbons (Fsp3) is 0.630. The van der Waals surface area contributed by atoms with E-state index in [1.807, 2.05) is 11.3 Å². The van der Waals surface area contributed by atoms with E-state index in [0.29, 0.717) is 29.9 Å². The Morgan fingerprint density at radius 2 is 1.52 bits per heavy atom. The smallest absolute Gasteiger partial charge is 0.243 e. The number of fused-ring (bicyclic) bond motifs is 1. The first kappa shape index (κ1) is 24.9. The predicted octanol–water partition coefficient (Wildman–Crippen LogP) is 6.33. The van der Waals surface area contributed by atoms with Gasteiger partial charge in [-0.25, -0.2) is 8.42 Å². The highest BCUT2D eigenvalue weighted by atomic mass is 32.2. The summed E-state index contributed by atoms with van der Waals surface area (Å²) >= 11 is 1.87. The quantitative estimate of drug-likeness (QED) is 0.477. The average Bonchev–Trinajstić information content (AvgIpc) is 3.26. The number of benzene rings is 1. The SMILES string of the molecule is CC(C)c1cc(C(C)C)c(S(=O)(=O)N2CCC(N3CCc4sccc4C3)CC2)c(C(C)C)c1. The molecule has 0 N–H and O–H groups in total. The Bertz CT molecular complexity index is 1050. The minimum atomic E-state index is -3.53. The molecule has 2 aliphatic heterocycles. The first-order chi connectivity index (χ1) is 15.6. The Hall–Kier alpha value is -1.21. The molecule has 1 aromatic heterocycles. The van der Waals surface area contributed by atoms with Crippen molar-refractivity contribution in [1.82, 2.24) is 9.21 Å². The van der Waals surface area contributed by atoms with E-state index in [1.54, 1.807) is 4.31 Å². The maximum absolute atomic E-state index is 14.0. The molecule has 2 aromatic rings. The van der Waals surface area contributed by atoms with Crippen molar-refractivity contribution in [3.63, 3.8) is 0 Å². The zero-order valence-corrected chi connectivity index (χ0v) is 22.7. The van der Waals surface area contributed by atoms with Crippen LogP contribution < -0.4 is 0 Å². The molecule has 0 radical (unpaired) electrons. The van der Waals surface area contributed by atoms with Gasteiger partial charge in [-0.05, 0) is 70.7 Å². The molecule has 0 amide bonds. The van der Waals surface area contributed by atoms with Crippen molar-refractivity contribution < 1.29 is 8.42 Å². The lowest BCUT2D eigenvalue weighted by Crippen LogP contribution is -2.48. The molecule has 182 valence electrons. The van der Waals surface area contributed by atoms with Crippen LogP contribution in [-0.4, -0.2) is 43.3 Å². The third kappa shape index (κ3) is 4.95. The summed E-state index contributed by atoms with van der Waals surface area (Å²) in [6.07, 6.45) is 2.96. The Morgan fingerprint density at radius 1 is 0.909 bits per heavy atom. The van der Waals surface area contributed by atoms with Crippen LogP contribution in [0.3, 0.4) is 0 Å². The van der Waals surface area contributed by atoms with Crippen LogP contribution in [0.2, 0.25) is 0 Å². The molecule has 1 saturated heterocycles. The highest BCUT2D eigenvalue weighted by Crippen LogP contribution is 2.38. The van der Waals surface area contributed by atoms with Gasteiger partial charge < -0.3 is 0 Å². The van der Waals surface area contributed by atoms with Crippen molar-refractivity contribution in [1.29, 1.82) is 0 Å².